The van der Waals surface area contributed by atoms with Crippen LogP contribution in [0.1, 0.15) is 13.8 Å². The highest BCUT2D eigenvalue weighted by Gasteiger charge is 2.24. The Hall–Kier alpha value is -2.48. The van der Waals surface area contributed by atoms with Gasteiger partial charge in [0.15, 0.2) is 12.2 Å². The van der Waals surface area contributed by atoms with Crippen LogP contribution in [-0.2, 0) is 19.1 Å². The number of carbonyl (C=O) groups is 2. The van der Waals surface area contributed by atoms with E-state index in [0.29, 0.717) is 29.7 Å². The van der Waals surface area contributed by atoms with Gasteiger partial charge in [0.1, 0.15) is 5.75 Å². The molecule has 1 aliphatic rings. The van der Waals surface area contributed by atoms with Crippen molar-refractivity contribution in [3.8, 4) is 5.75 Å². The lowest BCUT2D eigenvalue weighted by Gasteiger charge is -2.29. The molecule has 9 heteroatoms. The lowest BCUT2D eigenvalue weighted by molar-refractivity contribution is -0.159. The second-order valence-corrected chi connectivity index (χ2v) is 7.89. The number of hydrogen-bond donors (Lipinski definition) is 1. The number of benzene rings is 2. The molecule has 1 heterocycles. The SMILES string of the molecule is C[C@@H](OC(=O)[C@@H](C)Oc1ccc(Cl)cc1Cl)C(=O)Nc1ccc(N2CCOCC2)cc1. The highest BCUT2D eigenvalue weighted by atomic mass is 35.5. The quantitative estimate of drug-likeness (QED) is 0.617. The monoisotopic (exact) mass is 466 g/mol. The third-order valence-electron chi connectivity index (χ3n) is 4.70. The van der Waals surface area contributed by atoms with Gasteiger partial charge in [0.25, 0.3) is 5.91 Å². The Kier molecular flexibility index (Phi) is 8.01. The number of rotatable bonds is 7. The number of nitrogens with zero attached hydrogens (tertiary/aromatic N) is 1. The molecule has 1 N–H and O–H groups in total. The molecule has 7 nitrogen and oxygen atoms in total. The number of anilines is 2. The van der Waals surface area contributed by atoms with E-state index in [2.05, 4.69) is 10.2 Å². The van der Waals surface area contributed by atoms with E-state index in [-0.39, 0.29) is 5.02 Å². The first-order chi connectivity index (χ1) is 14.8. The second kappa shape index (κ2) is 10.7. The fourth-order valence-corrected chi connectivity index (χ4v) is 3.41. The largest absolute Gasteiger partial charge is 0.477 e. The third-order valence-corrected chi connectivity index (χ3v) is 5.23. The van der Waals surface area contributed by atoms with Gasteiger partial charge in [0, 0.05) is 29.5 Å². The van der Waals surface area contributed by atoms with Crippen LogP contribution in [0, 0.1) is 0 Å². The zero-order valence-corrected chi connectivity index (χ0v) is 18.8. The van der Waals surface area contributed by atoms with Gasteiger partial charge in [-0.3, -0.25) is 4.79 Å². The van der Waals surface area contributed by atoms with Crippen molar-refractivity contribution in [1.82, 2.24) is 0 Å². The summed E-state index contributed by atoms with van der Waals surface area (Å²) in [5, 5.41) is 3.48. The van der Waals surface area contributed by atoms with Crippen LogP contribution in [0.2, 0.25) is 10.0 Å². The fraction of sp³-hybridized carbons (Fsp3) is 0.364. The van der Waals surface area contributed by atoms with Crippen molar-refractivity contribution < 1.29 is 23.8 Å². The van der Waals surface area contributed by atoms with Gasteiger partial charge in [0.2, 0.25) is 0 Å². The van der Waals surface area contributed by atoms with Gasteiger partial charge in [-0.05, 0) is 56.3 Å². The number of ether oxygens (including phenoxy) is 3. The van der Waals surface area contributed by atoms with Gasteiger partial charge < -0.3 is 24.4 Å². The molecule has 1 aliphatic heterocycles. The third kappa shape index (κ3) is 6.50. The lowest BCUT2D eigenvalue weighted by atomic mass is 10.2. The molecule has 0 spiro atoms. The number of hydrogen-bond acceptors (Lipinski definition) is 6. The number of morpholine rings is 1. The Morgan fingerprint density at radius 1 is 1.03 bits per heavy atom. The predicted molar refractivity (Wildman–Crippen MR) is 120 cm³/mol. The fourth-order valence-electron chi connectivity index (χ4n) is 2.95. The molecule has 1 amide bonds. The maximum Gasteiger partial charge on any atom is 0.347 e. The van der Waals surface area contributed by atoms with Crippen LogP contribution in [0.25, 0.3) is 0 Å². The van der Waals surface area contributed by atoms with Gasteiger partial charge in [-0.1, -0.05) is 23.2 Å². The van der Waals surface area contributed by atoms with Crippen LogP contribution in [0.5, 0.6) is 5.75 Å². The van der Waals surface area contributed by atoms with Crippen LogP contribution in [0.15, 0.2) is 42.5 Å². The molecule has 2 aromatic carbocycles. The van der Waals surface area contributed by atoms with E-state index in [1.54, 1.807) is 12.1 Å². The van der Waals surface area contributed by atoms with Gasteiger partial charge >= 0.3 is 5.97 Å². The van der Waals surface area contributed by atoms with Crippen LogP contribution in [0.4, 0.5) is 11.4 Å². The number of carbonyl (C=O) groups excluding carboxylic acids is 2. The summed E-state index contributed by atoms with van der Waals surface area (Å²) in [6.45, 7) is 6.08. The Morgan fingerprint density at radius 2 is 1.71 bits per heavy atom. The van der Waals surface area contributed by atoms with Crippen molar-refractivity contribution >= 4 is 46.5 Å². The molecule has 166 valence electrons. The Bertz CT molecular complexity index is 917. The number of amides is 1. The van der Waals surface area contributed by atoms with Crippen molar-refractivity contribution in [3.63, 3.8) is 0 Å². The first-order valence-electron chi connectivity index (χ1n) is 9.89. The molecule has 0 radical (unpaired) electrons. The molecular weight excluding hydrogens is 443 g/mol. The number of halogens is 2. The van der Waals surface area contributed by atoms with E-state index in [4.69, 9.17) is 37.4 Å². The molecule has 0 bridgehead atoms. The Labute approximate surface area is 191 Å². The molecule has 3 rings (SSSR count). The van der Waals surface area contributed by atoms with Gasteiger partial charge in [-0.25, -0.2) is 4.79 Å². The van der Waals surface area contributed by atoms with Crippen molar-refractivity contribution in [2.75, 3.05) is 36.5 Å². The van der Waals surface area contributed by atoms with Crippen LogP contribution >= 0.6 is 23.2 Å². The summed E-state index contributed by atoms with van der Waals surface area (Å²) in [6, 6.07) is 12.2. The summed E-state index contributed by atoms with van der Waals surface area (Å²) in [4.78, 5) is 26.9. The maximum atomic E-state index is 12.4. The molecule has 0 aromatic heterocycles. The van der Waals surface area contributed by atoms with Gasteiger partial charge in [-0.2, -0.15) is 0 Å². The zero-order valence-electron chi connectivity index (χ0n) is 17.3. The molecule has 0 saturated carbocycles. The molecule has 1 fully saturated rings. The van der Waals surface area contributed by atoms with Crippen LogP contribution in [0.3, 0.4) is 0 Å². The van der Waals surface area contributed by atoms with E-state index < -0.39 is 24.1 Å². The standard InChI is InChI=1S/C22H24Cl2N2O5/c1-14(31-22(28)15(2)30-20-8-3-16(23)13-19(20)24)21(27)25-17-4-6-18(7-5-17)26-9-11-29-12-10-26/h3-8,13-15H,9-12H2,1-2H3,(H,25,27)/t14-,15-/m1/s1. The highest BCUT2D eigenvalue weighted by Crippen LogP contribution is 2.28. The average molecular weight is 467 g/mol. The minimum absolute atomic E-state index is 0.276. The van der Waals surface area contributed by atoms with E-state index in [0.717, 1.165) is 18.8 Å². The van der Waals surface area contributed by atoms with E-state index in [1.807, 2.05) is 24.3 Å². The molecule has 1 saturated heterocycles. The summed E-state index contributed by atoms with van der Waals surface area (Å²) in [6.07, 6.45) is -1.96. The van der Waals surface area contributed by atoms with Crippen LogP contribution in [-0.4, -0.2) is 50.4 Å². The minimum Gasteiger partial charge on any atom is -0.477 e. The molecular formula is C22H24Cl2N2O5. The summed E-state index contributed by atoms with van der Waals surface area (Å²) in [5.41, 5.74) is 1.68. The predicted octanol–water partition coefficient (Wildman–Crippen LogP) is 4.17. The van der Waals surface area contributed by atoms with Gasteiger partial charge in [0.05, 0.1) is 18.2 Å². The lowest BCUT2D eigenvalue weighted by Crippen LogP contribution is -2.36. The molecule has 0 unspecified atom stereocenters. The summed E-state index contributed by atoms with van der Waals surface area (Å²) >= 11 is 11.9. The van der Waals surface area contributed by atoms with Gasteiger partial charge in [-0.15, -0.1) is 0 Å². The topological polar surface area (TPSA) is 77.1 Å². The number of nitrogens with one attached hydrogen (secondary N) is 1. The Balaban J connectivity index is 1.50. The summed E-state index contributed by atoms with van der Waals surface area (Å²) in [5.74, 6) is -0.825. The smallest absolute Gasteiger partial charge is 0.347 e. The van der Waals surface area contributed by atoms with Crippen molar-refractivity contribution in [2.24, 2.45) is 0 Å². The zero-order chi connectivity index (χ0) is 22.4. The normalized spacial score (nSPS) is 15.7. The highest BCUT2D eigenvalue weighted by molar-refractivity contribution is 6.35. The molecule has 2 atom stereocenters. The summed E-state index contributed by atoms with van der Waals surface area (Å²) < 4.78 is 16.1. The molecule has 2 aromatic rings. The average Bonchev–Trinajstić information content (AvgIpc) is 2.76. The van der Waals surface area contributed by atoms with Crippen molar-refractivity contribution in [3.05, 3.63) is 52.5 Å². The second-order valence-electron chi connectivity index (χ2n) is 7.05. The van der Waals surface area contributed by atoms with E-state index in [1.165, 1.54) is 19.9 Å². The van der Waals surface area contributed by atoms with Crippen molar-refractivity contribution in [1.29, 1.82) is 0 Å². The number of esters is 1. The maximum absolute atomic E-state index is 12.4. The summed E-state index contributed by atoms with van der Waals surface area (Å²) in [7, 11) is 0. The first-order valence-corrected chi connectivity index (χ1v) is 10.6. The van der Waals surface area contributed by atoms with Crippen LogP contribution < -0.4 is 15.0 Å². The Morgan fingerprint density at radius 3 is 2.35 bits per heavy atom. The molecule has 0 aliphatic carbocycles. The van der Waals surface area contributed by atoms with Crippen molar-refractivity contribution in [2.45, 2.75) is 26.1 Å². The minimum atomic E-state index is -1.00. The van der Waals surface area contributed by atoms with E-state index >= 15 is 0 Å². The first kappa shape index (κ1) is 23.2. The molecule has 31 heavy (non-hydrogen) atoms. The van der Waals surface area contributed by atoms with E-state index in [9.17, 15) is 9.59 Å².